The molecule has 1 aromatic heterocycles. The molecule has 1 N–H and O–H groups in total. The van der Waals surface area contributed by atoms with E-state index in [2.05, 4.69) is 9.97 Å². The fraction of sp³-hybridized carbons (Fsp3) is 0.167. The number of hydrogen-bond acceptors (Lipinski definition) is 4. The molecule has 1 heterocycles. The van der Waals surface area contributed by atoms with E-state index in [1.165, 1.54) is 26.6 Å². The number of aromatic nitrogens is 2. The molecule has 18 heavy (non-hydrogen) atoms. The molecule has 0 aliphatic rings. The van der Waals surface area contributed by atoms with Crippen LogP contribution in [-0.2, 0) is 0 Å². The first-order chi connectivity index (χ1) is 8.67. The summed E-state index contributed by atoms with van der Waals surface area (Å²) >= 11 is 5.03. The Morgan fingerprint density at radius 2 is 2.06 bits per heavy atom. The lowest BCUT2D eigenvalue weighted by Gasteiger charge is -2.09. The SMILES string of the molecule is COc1ccc(-c2[nH]cnc(=S)c2OC)c(F)c1. The molecule has 4 nitrogen and oxygen atoms in total. The first-order valence-corrected chi connectivity index (χ1v) is 5.53. The maximum atomic E-state index is 14.0. The van der Waals surface area contributed by atoms with Gasteiger partial charge in [-0.3, -0.25) is 0 Å². The molecule has 0 unspecified atom stereocenters. The molecule has 1 aromatic carbocycles. The molecule has 0 aliphatic carbocycles. The number of nitrogens with zero attached hydrogens (tertiary/aromatic N) is 1. The Bertz CT molecular complexity index is 628. The van der Waals surface area contributed by atoms with E-state index >= 15 is 0 Å². The number of H-pyrrole nitrogens is 1. The van der Waals surface area contributed by atoms with Gasteiger partial charge in [0.1, 0.15) is 11.6 Å². The van der Waals surface area contributed by atoms with Gasteiger partial charge in [-0.15, -0.1) is 0 Å². The summed E-state index contributed by atoms with van der Waals surface area (Å²) in [6, 6.07) is 4.55. The van der Waals surface area contributed by atoms with Crippen LogP contribution < -0.4 is 9.47 Å². The van der Waals surface area contributed by atoms with Crippen LogP contribution in [0.5, 0.6) is 11.5 Å². The van der Waals surface area contributed by atoms with E-state index in [0.29, 0.717) is 22.8 Å². The molecule has 0 fully saturated rings. The first-order valence-electron chi connectivity index (χ1n) is 5.13. The zero-order chi connectivity index (χ0) is 13.1. The van der Waals surface area contributed by atoms with Gasteiger partial charge in [0.15, 0.2) is 10.4 Å². The van der Waals surface area contributed by atoms with Crippen molar-refractivity contribution >= 4 is 12.2 Å². The van der Waals surface area contributed by atoms with E-state index in [4.69, 9.17) is 21.7 Å². The number of methoxy groups -OCH3 is 2. The largest absolute Gasteiger partial charge is 0.497 e. The van der Waals surface area contributed by atoms with Crippen LogP contribution in [-0.4, -0.2) is 24.2 Å². The molecular weight excluding hydrogens is 255 g/mol. The minimum Gasteiger partial charge on any atom is -0.497 e. The normalized spacial score (nSPS) is 10.2. The highest BCUT2D eigenvalue weighted by molar-refractivity contribution is 7.71. The second-order valence-electron chi connectivity index (χ2n) is 3.46. The highest BCUT2D eigenvalue weighted by atomic mass is 32.1. The van der Waals surface area contributed by atoms with Gasteiger partial charge in [0.25, 0.3) is 0 Å². The summed E-state index contributed by atoms with van der Waals surface area (Å²) in [4.78, 5) is 6.73. The van der Waals surface area contributed by atoms with Gasteiger partial charge in [0, 0.05) is 11.6 Å². The summed E-state index contributed by atoms with van der Waals surface area (Å²) in [5, 5.41) is 0. The van der Waals surface area contributed by atoms with Gasteiger partial charge in [-0.1, -0.05) is 12.2 Å². The van der Waals surface area contributed by atoms with Crippen LogP contribution in [0.15, 0.2) is 24.5 Å². The predicted octanol–water partition coefficient (Wildman–Crippen LogP) is 2.96. The number of hydrogen-bond donors (Lipinski definition) is 1. The Hall–Kier alpha value is -1.95. The molecule has 0 atom stereocenters. The number of nitrogens with one attached hydrogen (secondary N) is 1. The van der Waals surface area contributed by atoms with Crippen LogP contribution in [0.25, 0.3) is 11.3 Å². The summed E-state index contributed by atoms with van der Waals surface area (Å²) in [6.45, 7) is 0. The van der Waals surface area contributed by atoms with Gasteiger partial charge in [-0.25, -0.2) is 9.37 Å². The van der Waals surface area contributed by atoms with Crippen molar-refractivity contribution in [2.45, 2.75) is 0 Å². The van der Waals surface area contributed by atoms with Crippen molar-refractivity contribution in [1.82, 2.24) is 9.97 Å². The number of aromatic amines is 1. The van der Waals surface area contributed by atoms with Crippen molar-refractivity contribution in [3.8, 4) is 22.8 Å². The lowest BCUT2D eigenvalue weighted by Crippen LogP contribution is -1.96. The Morgan fingerprint density at radius 3 is 2.67 bits per heavy atom. The second kappa shape index (κ2) is 5.14. The Balaban J connectivity index is 2.62. The monoisotopic (exact) mass is 266 g/mol. The van der Waals surface area contributed by atoms with Crippen molar-refractivity contribution < 1.29 is 13.9 Å². The third-order valence-electron chi connectivity index (χ3n) is 2.46. The van der Waals surface area contributed by atoms with E-state index in [0.717, 1.165) is 0 Å². The lowest BCUT2D eigenvalue weighted by atomic mass is 10.1. The smallest absolute Gasteiger partial charge is 0.179 e. The molecule has 94 valence electrons. The first kappa shape index (κ1) is 12.5. The van der Waals surface area contributed by atoms with Gasteiger partial charge >= 0.3 is 0 Å². The Labute approximate surface area is 108 Å². The van der Waals surface area contributed by atoms with Gasteiger partial charge in [0.05, 0.1) is 26.2 Å². The molecule has 0 spiro atoms. The van der Waals surface area contributed by atoms with Gasteiger partial charge < -0.3 is 14.5 Å². The van der Waals surface area contributed by atoms with Crippen LogP contribution >= 0.6 is 12.2 Å². The summed E-state index contributed by atoms with van der Waals surface area (Å²) in [5.74, 6) is 0.365. The molecule has 0 saturated heterocycles. The minimum absolute atomic E-state index is 0.279. The molecule has 0 saturated carbocycles. The number of halogens is 1. The summed E-state index contributed by atoms with van der Waals surface area (Å²) in [5.41, 5.74) is 0.804. The predicted molar refractivity (Wildman–Crippen MR) is 67.9 cm³/mol. The molecule has 0 aliphatic heterocycles. The topological polar surface area (TPSA) is 47.1 Å². The molecule has 0 radical (unpaired) electrons. The Morgan fingerprint density at radius 1 is 1.28 bits per heavy atom. The third-order valence-corrected chi connectivity index (χ3v) is 2.75. The molecule has 0 bridgehead atoms. The molecule has 2 aromatic rings. The van der Waals surface area contributed by atoms with Gasteiger partial charge in [-0.05, 0) is 12.1 Å². The Kier molecular flexibility index (Phi) is 3.57. The van der Waals surface area contributed by atoms with Crippen LogP contribution in [0.3, 0.4) is 0 Å². The van der Waals surface area contributed by atoms with Crippen LogP contribution in [0.4, 0.5) is 4.39 Å². The quantitative estimate of drug-likeness (QED) is 0.868. The average molecular weight is 266 g/mol. The van der Waals surface area contributed by atoms with Crippen molar-refractivity contribution in [1.29, 1.82) is 0 Å². The fourth-order valence-electron chi connectivity index (χ4n) is 1.60. The summed E-state index contributed by atoms with van der Waals surface area (Å²) < 4.78 is 24.3. The highest BCUT2D eigenvalue weighted by Crippen LogP contribution is 2.31. The molecule has 0 amide bonds. The van der Waals surface area contributed by atoms with E-state index in [1.54, 1.807) is 12.1 Å². The molecule has 6 heteroatoms. The van der Waals surface area contributed by atoms with Crippen molar-refractivity contribution in [2.75, 3.05) is 14.2 Å². The second-order valence-corrected chi connectivity index (χ2v) is 3.85. The van der Waals surface area contributed by atoms with E-state index in [-0.39, 0.29) is 4.64 Å². The van der Waals surface area contributed by atoms with E-state index < -0.39 is 5.82 Å². The number of ether oxygens (including phenoxy) is 2. The van der Waals surface area contributed by atoms with E-state index in [9.17, 15) is 4.39 Å². The van der Waals surface area contributed by atoms with Crippen LogP contribution in [0.1, 0.15) is 0 Å². The van der Waals surface area contributed by atoms with Crippen LogP contribution in [0.2, 0.25) is 0 Å². The number of benzene rings is 1. The maximum Gasteiger partial charge on any atom is 0.179 e. The molecular formula is C12H11FN2O2S. The number of rotatable bonds is 3. The third kappa shape index (κ3) is 2.19. The van der Waals surface area contributed by atoms with Gasteiger partial charge in [0.2, 0.25) is 0 Å². The van der Waals surface area contributed by atoms with Crippen molar-refractivity contribution in [3.63, 3.8) is 0 Å². The minimum atomic E-state index is -0.426. The molecule has 2 rings (SSSR count). The average Bonchev–Trinajstić information content (AvgIpc) is 2.38. The van der Waals surface area contributed by atoms with E-state index in [1.807, 2.05) is 0 Å². The maximum absolute atomic E-state index is 14.0. The summed E-state index contributed by atoms with van der Waals surface area (Å²) in [7, 11) is 2.94. The zero-order valence-electron chi connectivity index (χ0n) is 9.86. The van der Waals surface area contributed by atoms with Crippen molar-refractivity contribution in [3.05, 3.63) is 35.0 Å². The standard InChI is InChI=1S/C12H11FN2O2S/c1-16-7-3-4-8(9(13)5-7)10-11(17-2)12(18)15-6-14-10/h3-6H,1-2H3,(H,14,15,18). The highest BCUT2D eigenvalue weighted by Gasteiger charge is 2.13. The van der Waals surface area contributed by atoms with Crippen molar-refractivity contribution in [2.24, 2.45) is 0 Å². The summed E-state index contributed by atoms with van der Waals surface area (Å²) in [6.07, 6.45) is 1.41. The lowest BCUT2D eigenvalue weighted by molar-refractivity contribution is 0.408. The fourth-order valence-corrected chi connectivity index (χ4v) is 1.84. The zero-order valence-corrected chi connectivity index (χ0v) is 10.7. The van der Waals surface area contributed by atoms with Crippen LogP contribution in [0, 0.1) is 10.5 Å². The van der Waals surface area contributed by atoms with Gasteiger partial charge in [-0.2, -0.15) is 0 Å².